The average Bonchev–Trinajstić information content (AvgIpc) is 2.48. The lowest BCUT2D eigenvalue weighted by molar-refractivity contribution is 0.0935. The first kappa shape index (κ1) is 17.0. The smallest absolute Gasteiger partial charge is 0.254 e. The molecular formula is C15H14F2N2O3S. The van der Waals surface area contributed by atoms with Crippen LogP contribution in [0.1, 0.15) is 28.9 Å². The van der Waals surface area contributed by atoms with Crippen LogP contribution in [0.2, 0.25) is 0 Å². The number of carbonyl (C=O) groups is 1. The van der Waals surface area contributed by atoms with E-state index in [9.17, 15) is 22.0 Å². The van der Waals surface area contributed by atoms with Gasteiger partial charge in [-0.05, 0) is 42.8 Å². The third-order valence-corrected chi connectivity index (χ3v) is 4.12. The molecular weight excluding hydrogens is 326 g/mol. The molecule has 2 rings (SSSR count). The second kappa shape index (κ2) is 6.43. The lowest BCUT2D eigenvalue weighted by atomic mass is 10.1. The number of sulfonamides is 1. The first-order valence-corrected chi connectivity index (χ1v) is 8.12. The Bertz CT molecular complexity index is 854. The second-order valence-corrected chi connectivity index (χ2v) is 6.50. The Morgan fingerprint density at radius 1 is 1.17 bits per heavy atom. The van der Waals surface area contributed by atoms with Crippen LogP contribution >= 0.6 is 0 Å². The second-order valence-electron chi connectivity index (χ2n) is 4.94. The van der Waals surface area contributed by atoms with Gasteiger partial charge in [-0.1, -0.05) is 12.1 Å². The highest BCUT2D eigenvalue weighted by molar-refractivity contribution is 7.89. The zero-order valence-corrected chi connectivity index (χ0v) is 12.9. The van der Waals surface area contributed by atoms with Gasteiger partial charge in [-0.3, -0.25) is 4.79 Å². The molecule has 122 valence electrons. The zero-order valence-electron chi connectivity index (χ0n) is 12.1. The zero-order chi connectivity index (χ0) is 17.2. The van der Waals surface area contributed by atoms with E-state index in [-0.39, 0.29) is 4.90 Å². The Morgan fingerprint density at radius 3 is 2.52 bits per heavy atom. The molecule has 1 unspecified atom stereocenters. The minimum absolute atomic E-state index is 0.104. The molecule has 5 nitrogen and oxygen atoms in total. The van der Waals surface area contributed by atoms with Crippen LogP contribution in [-0.2, 0) is 10.0 Å². The van der Waals surface area contributed by atoms with Crippen LogP contribution in [0.15, 0.2) is 47.4 Å². The Balaban J connectivity index is 2.23. The quantitative estimate of drug-likeness (QED) is 0.893. The van der Waals surface area contributed by atoms with E-state index in [1.54, 1.807) is 13.0 Å². The summed E-state index contributed by atoms with van der Waals surface area (Å²) >= 11 is 0. The van der Waals surface area contributed by atoms with Crippen LogP contribution in [0.4, 0.5) is 8.78 Å². The molecule has 1 atom stereocenters. The molecule has 0 spiro atoms. The molecule has 0 saturated carbocycles. The van der Waals surface area contributed by atoms with Crippen LogP contribution in [0.3, 0.4) is 0 Å². The van der Waals surface area contributed by atoms with Crippen molar-refractivity contribution in [1.29, 1.82) is 0 Å². The fraction of sp³-hybridized carbons (Fsp3) is 0.133. The van der Waals surface area contributed by atoms with Gasteiger partial charge in [-0.2, -0.15) is 0 Å². The lowest BCUT2D eigenvalue weighted by Gasteiger charge is -2.15. The van der Waals surface area contributed by atoms with Crippen LogP contribution in [0.25, 0.3) is 0 Å². The summed E-state index contributed by atoms with van der Waals surface area (Å²) < 4.78 is 49.4. The van der Waals surface area contributed by atoms with E-state index in [1.807, 2.05) is 0 Å². The van der Waals surface area contributed by atoms with Crippen molar-refractivity contribution in [3.63, 3.8) is 0 Å². The Kier molecular flexibility index (Phi) is 4.76. The number of halogens is 2. The fourth-order valence-corrected chi connectivity index (χ4v) is 2.56. The van der Waals surface area contributed by atoms with E-state index in [1.165, 1.54) is 18.2 Å². The molecule has 2 aromatic rings. The van der Waals surface area contributed by atoms with E-state index in [2.05, 4.69) is 5.32 Å². The van der Waals surface area contributed by atoms with Crippen molar-refractivity contribution in [2.24, 2.45) is 5.14 Å². The highest BCUT2D eigenvalue weighted by Gasteiger charge is 2.17. The van der Waals surface area contributed by atoms with Crippen LogP contribution < -0.4 is 10.5 Å². The number of amides is 1. The first-order valence-electron chi connectivity index (χ1n) is 6.57. The van der Waals surface area contributed by atoms with Crippen molar-refractivity contribution in [1.82, 2.24) is 5.32 Å². The molecule has 23 heavy (non-hydrogen) atoms. The van der Waals surface area contributed by atoms with E-state index in [4.69, 9.17) is 5.14 Å². The lowest BCUT2D eigenvalue weighted by Crippen LogP contribution is -2.27. The Morgan fingerprint density at radius 2 is 1.87 bits per heavy atom. The third-order valence-electron chi connectivity index (χ3n) is 3.21. The summed E-state index contributed by atoms with van der Waals surface area (Å²) in [5.41, 5.74) is 0.0288. The van der Waals surface area contributed by atoms with E-state index < -0.39 is 39.2 Å². The number of primary sulfonamides is 1. The number of nitrogens with two attached hydrogens (primary N) is 1. The normalized spacial score (nSPS) is 12.7. The topological polar surface area (TPSA) is 89.3 Å². The van der Waals surface area contributed by atoms with Crippen molar-refractivity contribution in [3.8, 4) is 0 Å². The number of carbonyl (C=O) groups excluding carboxylic acids is 1. The summed E-state index contributed by atoms with van der Waals surface area (Å²) in [4.78, 5) is 11.9. The van der Waals surface area contributed by atoms with Crippen molar-refractivity contribution in [3.05, 3.63) is 65.2 Å². The van der Waals surface area contributed by atoms with Gasteiger partial charge in [0.2, 0.25) is 10.0 Å². The van der Waals surface area contributed by atoms with Gasteiger partial charge >= 0.3 is 0 Å². The van der Waals surface area contributed by atoms with Gasteiger partial charge in [0.25, 0.3) is 5.91 Å². The van der Waals surface area contributed by atoms with Gasteiger partial charge in [0, 0.05) is 0 Å². The number of rotatable bonds is 4. The molecule has 0 heterocycles. The van der Waals surface area contributed by atoms with Crippen molar-refractivity contribution in [2.75, 3.05) is 0 Å². The fourth-order valence-electron chi connectivity index (χ4n) is 1.99. The molecule has 0 bridgehead atoms. The van der Waals surface area contributed by atoms with E-state index in [0.717, 1.165) is 18.2 Å². The Labute approximate surface area is 132 Å². The molecule has 2 aromatic carbocycles. The Hall–Kier alpha value is -2.32. The van der Waals surface area contributed by atoms with Gasteiger partial charge < -0.3 is 5.32 Å². The molecule has 1 amide bonds. The summed E-state index contributed by atoms with van der Waals surface area (Å²) in [7, 11) is -3.87. The van der Waals surface area contributed by atoms with Gasteiger partial charge in [-0.25, -0.2) is 22.3 Å². The predicted molar refractivity (Wildman–Crippen MR) is 80.1 cm³/mol. The SMILES string of the molecule is CC(NC(=O)c1cc(F)ccc1F)c1cccc(S(N)(=O)=O)c1. The minimum atomic E-state index is -3.87. The molecule has 8 heteroatoms. The average molecular weight is 340 g/mol. The summed E-state index contributed by atoms with van der Waals surface area (Å²) in [6, 6.07) is 7.61. The molecule has 0 aliphatic rings. The maximum absolute atomic E-state index is 13.6. The molecule has 3 N–H and O–H groups in total. The van der Waals surface area contributed by atoms with Crippen LogP contribution in [-0.4, -0.2) is 14.3 Å². The maximum atomic E-state index is 13.6. The number of benzene rings is 2. The first-order chi connectivity index (χ1) is 10.7. The summed E-state index contributed by atoms with van der Waals surface area (Å²) in [6.07, 6.45) is 0. The number of hydrogen-bond donors (Lipinski definition) is 2. The van der Waals surface area contributed by atoms with E-state index >= 15 is 0 Å². The van der Waals surface area contributed by atoms with Crippen LogP contribution in [0.5, 0.6) is 0 Å². The standard InChI is InChI=1S/C15H14F2N2O3S/c1-9(10-3-2-4-12(7-10)23(18,21)22)19-15(20)13-8-11(16)5-6-14(13)17/h2-9H,1H3,(H,19,20)(H2,18,21,22). The monoisotopic (exact) mass is 340 g/mol. The van der Waals surface area contributed by atoms with Gasteiger partial charge in [0.1, 0.15) is 11.6 Å². The molecule has 0 radical (unpaired) electrons. The molecule has 0 fully saturated rings. The van der Waals surface area contributed by atoms with Gasteiger partial charge in [-0.15, -0.1) is 0 Å². The minimum Gasteiger partial charge on any atom is -0.345 e. The van der Waals surface area contributed by atoms with Gasteiger partial charge in [0.05, 0.1) is 16.5 Å². The molecule has 0 aliphatic heterocycles. The highest BCUT2D eigenvalue weighted by Crippen LogP contribution is 2.18. The van der Waals surface area contributed by atoms with Crippen LogP contribution in [0, 0.1) is 11.6 Å². The highest BCUT2D eigenvalue weighted by atomic mass is 32.2. The number of hydrogen-bond acceptors (Lipinski definition) is 3. The van der Waals surface area contributed by atoms with Crippen molar-refractivity contribution < 1.29 is 22.0 Å². The maximum Gasteiger partial charge on any atom is 0.254 e. The molecule has 0 saturated heterocycles. The summed E-state index contributed by atoms with van der Waals surface area (Å²) in [5.74, 6) is -2.40. The van der Waals surface area contributed by atoms with Crippen molar-refractivity contribution >= 4 is 15.9 Å². The molecule has 0 aliphatic carbocycles. The summed E-state index contributed by atoms with van der Waals surface area (Å²) in [5, 5.41) is 7.53. The van der Waals surface area contributed by atoms with Gasteiger partial charge in [0.15, 0.2) is 0 Å². The van der Waals surface area contributed by atoms with Crippen molar-refractivity contribution in [2.45, 2.75) is 17.9 Å². The summed E-state index contributed by atoms with van der Waals surface area (Å²) in [6.45, 7) is 1.58. The third kappa shape index (κ3) is 4.11. The van der Waals surface area contributed by atoms with E-state index in [0.29, 0.717) is 5.56 Å². The molecule has 0 aromatic heterocycles. The predicted octanol–water partition coefficient (Wildman–Crippen LogP) is 2.10. The number of nitrogens with one attached hydrogen (secondary N) is 1. The largest absolute Gasteiger partial charge is 0.345 e.